The average Bonchev–Trinajstić information content (AvgIpc) is 3.27. The smallest absolute Gasteiger partial charge is 0.260 e. The van der Waals surface area contributed by atoms with Crippen LogP contribution in [0.25, 0.3) is 21.3 Å². The molecule has 0 aliphatic heterocycles. The molecule has 4 aromatic rings. The summed E-state index contributed by atoms with van der Waals surface area (Å²) in [5.74, 6) is 1.90. The maximum atomic E-state index is 13.1. The molecule has 184 valence electrons. The van der Waals surface area contributed by atoms with Crippen molar-refractivity contribution in [1.82, 2.24) is 14.9 Å². The SMILES string of the molecule is COc1ccccc1-c1csc2nc(CN(CC(O)COc3ccc(Cl)cc3)C(C)C)[nH]c(=O)c12. The van der Waals surface area contributed by atoms with E-state index < -0.39 is 6.10 Å². The van der Waals surface area contributed by atoms with Crippen molar-refractivity contribution in [1.29, 1.82) is 0 Å². The lowest BCUT2D eigenvalue weighted by molar-refractivity contribution is 0.0533. The summed E-state index contributed by atoms with van der Waals surface area (Å²) in [6.07, 6.45) is -0.720. The van der Waals surface area contributed by atoms with Crippen LogP contribution in [0.5, 0.6) is 11.5 Å². The lowest BCUT2D eigenvalue weighted by Gasteiger charge is -2.28. The number of aromatic nitrogens is 2. The molecule has 0 bridgehead atoms. The highest BCUT2D eigenvalue weighted by Gasteiger charge is 2.20. The van der Waals surface area contributed by atoms with E-state index in [0.717, 1.165) is 11.1 Å². The van der Waals surface area contributed by atoms with E-state index in [9.17, 15) is 9.90 Å². The Kier molecular flexibility index (Phi) is 8.07. The van der Waals surface area contributed by atoms with Gasteiger partial charge in [-0.3, -0.25) is 9.69 Å². The number of H-pyrrole nitrogens is 1. The number of methoxy groups -OCH3 is 1. The standard InChI is InChI=1S/C26H28ClN3O4S/c1-16(2)30(12-18(31)14-34-19-10-8-17(27)9-11-19)13-23-28-25(32)24-21(15-35-26(24)29-23)20-6-4-5-7-22(20)33-3/h4-11,15-16,18,31H,12-14H2,1-3H3,(H,28,29,32). The molecule has 0 saturated heterocycles. The normalized spacial score (nSPS) is 12.4. The first-order chi connectivity index (χ1) is 16.9. The summed E-state index contributed by atoms with van der Waals surface area (Å²) < 4.78 is 11.2. The highest BCUT2D eigenvalue weighted by molar-refractivity contribution is 7.17. The summed E-state index contributed by atoms with van der Waals surface area (Å²) in [5, 5.41) is 13.7. The number of para-hydroxylation sites is 1. The summed E-state index contributed by atoms with van der Waals surface area (Å²) >= 11 is 7.33. The third kappa shape index (κ3) is 6.02. The molecule has 0 amide bonds. The molecule has 0 fully saturated rings. The van der Waals surface area contributed by atoms with Crippen molar-refractivity contribution in [3.8, 4) is 22.6 Å². The number of hydrogen-bond acceptors (Lipinski definition) is 7. The number of ether oxygens (including phenoxy) is 2. The van der Waals surface area contributed by atoms with Crippen molar-refractivity contribution in [2.24, 2.45) is 0 Å². The van der Waals surface area contributed by atoms with Crippen LogP contribution in [-0.4, -0.2) is 52.4 Å². The minimum Gasteiger partial charge on any atom is -0.496 e. The van der Waals surface area contributed by atoms with Gasteiger partial charge in [-0.1, -0.05) is 29.8 Å². The summed E-state index contributed by atoms with van der Waals surface area (Å²) in [6.45, 7) is 4.97. The summed E-state index contributed by atoms with van der Waals surface area (Å²) in [7, 11) is 1.61. The molecular formula is C26H28ClN3O4S. The number of halogens is 1. The maximum absolute atomic E-state index is 13.1. The zero-order valence-electron chi connectivity index (χ0n) is 19.8. The Morgan fingerprint density at radius 3 is 2.60 bits per heavy atom. The van der Waals surface area contributed by atoms with E-state index in [0.29, 0.717) is 45.7 Å². The Morgan fingerprint density at radius 1 is 1.14 bits per heavy atom. The minimum atomic E-state index is -0.720. The highest BCUT2D eigenvalue weighted by atomic mass is 35.5. The summed E-state index contributed by atoms with van der Waals surface area (Å²) in [4.78, 5) is 23.5. The van der Waals surface area contributed by atoms with Crippen LogP contribution in [-0.2, 0) is 6.54 Å². The Labute approximate surface area is 212 Å². The van der Waals surface area contributed by atoms with Crippen LogP contribution in [0.15, 0.2) is 58.7 Å². The molecule has 0 aliphatic carbocycles. The molecule has 0 saturated carbocycles. The van der Waals surface area contributed by atoms with Crippen LogP contribution >= 0.6 is 22.9 Å². The fourth-order valence-electron chi connectivity index (χ4n) is 3.83. The fourth-order valence-corrected chi connectivity index (χ4v) is 4.91. The van der Waals surface area contributed by atoms with Crippen LogP contribution in [0.3, 0.4) is 0 Å². The minimum absolute atomic E-state index is 0.119. The van der Waals surface area contributed by atoms with Gasteiger partial charge in [0.25, 0.3) is 5.56 Å². The Balaban J connectivity index is 1.50. The van der Waals surface area contributed by atoms with Crippen molar-refractivity contribution in [2.45, 2.75) is 32.5 Å². The van der Waals surface area contributed by atoms with Gasteiger partial charge < -0.3 is 19.6 Å². The van der Waals surface area contributed by atoms with Crippen molar-refractivity contribution in [3.05, 3.63) is 75.1 Å². The molecule has 2 N–H and O–H groups in total. The van der Waals surface area contributed by atoms with E-state index in [2.05, 4.69) is 9.88 Å². The molecule has 9 heteroatoms. The number of nitrogens with zero attached hydrogens (tertiary/aromatic N) is 2. The van der Waals surface area contributed by atoms with E-state index in [1.807, 2.05) is 43.5 Å². The number of rotatable bonds is 10. The second-order valence-electron chi connectivity index (χ2n) is 8.48. The third-order valence-electron chi connectivity index (χ3n) is 5.67. The van der Waals surface area contributed by atoms with E-state index in [-0.39, 0.29) is 18.2 Å². The van der Waals surface area contributed by atoms with Gasteiger partial charge in [-0.15, -0.1) is 11.3 Å². The Morgan fingerprint density at radius 2 is 1.89 bits per heavy atom. The average molecular weight is 514 g/mol. The van der Waals surface area contributed by atoms with Gasteiger partial charge in [0.05, 0.1) is 19.0 Å². The monoisotopic (exact) mass is 513 g/mol. The first-order valence-corrected chi connectivity index (χ1v) is 12.6. The van der Waals surface area contributed by atoms with Gasteiger partial charge in [-0.05, 0) is 44.2 Å². The summed E-state index contributed by atoms with van der Waals surface area (Å²) in [6, 6.07) is 14.7. The molecule has 7 nitrogen and oxygen atoms in total. The van der Waals surface area contributed by atoms with Crippen molar-refractivity contribution >= 4 is 33.2 Å². The van der Waals surface area contributed by atoms with Crippen LogP contribution in [0.1, 0.15) is 19.7 Å². The van der Waals surface area contributed by atoms with E-state index in [1.165, 1.54) is 11.3 Å². The molecule has 2 aromatic heterocycles. The number of aliphatic hydroxyl groups excluding tert-OH is 1. The summed E-state index contributed by atoms with van der Waals surface area (Å²) in [5.41, 5.74) is 1.47. The van der Waals surface area contributed by atoms with Crippen LogP contribution < -0.4 is 15.0 Å². The van der Waals surface area contributed by atoms with Crippen molar-refractivity contribution < 1.29 is 14.6 Å². The van der Waals surface area contributed by atoms with Gasteiger partial charge in [0.2, 0.25) is 0 Å². The van der Waals surface area contributed by atoms with Gasteiger partial charge in [0.1, 0.15) is 34.9 Å². The lowest BCUT2D eigenvalue weighted by atomic mass is 10.1. The number of benzene rings is 2. The molecule has 4 rings (SSSR count). The second kappa shape index (κ2) is 11.2. The molecule has 0 radical (unpaired) electrons. The molecule has 2 heterocycles. The van der Waals surface area contributed by atoms with Gasteiger partial charge >= 0.3 is 0 Å². The van der Waals surface area contributed by atoms with Gasteiger partial charge in [0, 0.05) is 34.1 Å². The van der Waals surface area contributed by atoms with Gasteiger partial charge in [-0.2, -0.15) is 0 Å². The van der Waals surface area contributed by atoms with Gasteiger partial charge in [-0.25, -0.2) is 4.98 Å². The third-order valence-corrected chi connectivity index (χ3v) is 6.80. The first-order valence-electron chi connectivity index (χ1n) is 11.3. The topological polar surface area (TPSA) is 87.7 Å². The number of hydrogen-bond donors (Lipinski definition) is 2. The van der Waals surface area contributed by atoms with Crippen molar-refractivity contribution in [2.75, 3.05) is 20.3 Å². The number of aliphatic hydroxyl groups is 1. The molecule has 1 atom stereocenters. The number of nitrogens with one attached hydrogen (secondary N) is 1. The molecule has 1 unspecified atom stereocenters. The quantitative estimate of drug-likeness (QED) is 0.311. The van der Waals surface area contributed by atoms with Crippen LogP contribution in [0.4, 0.5) is 0 Å². The lowest BCUT2D eigenvalue weighted by Crippen LogP contribution is -2.40. The molecule has 0 spiro atoms. The number of thiophene rings is 1. The zero-order valence-corrected chi connectivity index (χ0v) is 21.4. The number of fused-ring (bicyclic) bond motifs is 1. The molecule has 0 aliphatic rings. The van der Waals surface area contributed by atoms with Crippen LogP contribution in [0, 0.1) is 0 Å². The molecule has 35 heavy (non-hydrogen) atoms. The second-order valence-corrected chi connectivity index (χ2v) is 9.78. The number of aromatic amines is 1. The largest absolute Gasteiger partial charge is 0.496 e. The highest BCUT2D eigenvalue weighted by Crippen LogP contribution is 2.36. The predicted molar refractivity (Wildman–Crippen MR) is 141 cm³/mol. The molecular weight excluding hydrogens is 486 g/mol. The van der Waals surface area contributed by atoms with Gasteiger partial charge in [0.15, 0.2) is 0 Å². The van der Waals surface area contributed by atoms with E-state index in [4.69, 9.17) is 26.1 Å². The fraction of sp³-hybridized carbons (Fsp3) is 0.308. The Bertz CT molecular complexity index is 1340. The maximum Gasteiger partial charge on any atom is 0.260 e. The van der Waals surface area contributed by atoms with Crippen molar-refractivity contribution in [3.63, 3.8) is 0 Å². The van der Waals surface area contributed by atoms with Crippen LogP contribution in [0.2, 0.25) is 5.02 Å². The predicted octanol–water partition coefficient (Wildman–Crippen LogP) is 4.96. The van der Waals surface area contributed by atoms with E-state index >= 15 is 0 Å². The Hall–Kier alpha value is -2.91. The first kappa shape index (κ1) is 25.2. The van der Waals surface area contributed by atoms with E-state index in [1.54, 1.807) is 31.4 Å². The zero-order chi connectivity index (χ0) is 24.9. The molecule has 2 aromatic carbocycles.